The third-order valence-electron chi connectivity index (χ3n) is 15.3. The summed E-state index contributed by atoms with van der Waals surface area (Å²) in [5, 5.41) is 3.31. The molecule has 0 bridgehead atoms. The number of nitrogens with one attached hydrogen (secondary N) is 1. The SMILES string of the molecule is Brc1ccc(C2=CCNCC2)cc1.CC1(C)OB(B2OC(C)(C)C(C)(C)O2)OC1(C)C.COC(=O)N1CC=C(c2ccc(B3OC(C)(C)C(C)(C)O3)cc2)CC1.COC(=O)N1CC=C(c2ccc(Br)cc2)CC1. The van der Waals surface area contributed by atoms with E-state index in [1.807, 2.05) is 67.5 Å². The first kappa shape index (κ1) is 58.6. The van der Waals surface area contributed by atoms with Crippen LogP contribution in [0.3, 0.4) is 0 Å². The molecule has 0 radical (unpaired) electrons. The Hall–Kier alpha value is -3.71. The number of hydrogen-bond acceptors (Lipinski definition) is 11. The molecule has 3 aromatic carbocycles. The minimum Gasteiger partial charge on any atom is -0.453 e. The van der Waals surface area contributed by atoms with Crippen molar-refractivity contribution in [2.45, 2.75) is 136 Å². The summed E-state index contributed by atoms with van der Waals surface area (Å²) in [5.41, 5.74) is 6.66. The fraction of sp³-hybridized carbons (Fsp3) is 0.527. The maximum Gasteiger partial charge on any atom is 0.494 e. The third kappa shape index (κ3) is 14.6. The van der Waals surface area contributed by atoms with Crippen molar-refractivity contribution in [1.82, 2.24) is 15.1 Å². The molecule has 13 nitrogen and oxygen atoms in total. The summed E-state index contributed by atoms with van der Waals surface area (Å²) >= 11 is 6.86. The van der Waals surface area contributed by atoms with Crippen molar-refractivity contribution in [1.29, 1.82) is 0 Å². The molecular formula is C55H76B3Br2N3O10. The van der Waals surface area contributed by atoms with E-state index in [2.05, 4.69) is 144 Å². The van der Waals surface area contributed by atoms with Crippen LogP contribution < -0.4 is 10.8 Å². The normalized spacial score (nSPS) is 22.0. The van der Waals surface area contributed by atoms with Gasteiger partial charge in [-0.15, -0.1) is 0 Å². The van der Waals surface area contributed by atoms with Gasteiger partial charge < -0.3 is 52.5 Å². The van der Waals surface area contributed by atoms with E-state index in [1.54, 1.807) is 9.80 Å². The molecule has 18 heteroatoms. The molecule has 9 rings (SSSR count). The second kappa shape index (κ2) is 24.1. The lowest BCUT2D eigenvalue weighted by molar-refractivity contribution is 0.00578. The van der Waals surface area contributed by atoms with Crippen molar-refractivity contribution in [2.75, 3.05) is 53.5 Å². The standard InChI is InChI=1S/C19H26BNO4.C13H14BrNO2.C12H24B2O4.C11H12BrN/c1-18(2)19(3,4)25-20(24-18)16-8-6-14(7-9-16)15-10-12-21(13-11-15)17(22)23-5;1-17-13(16)15-8-6-11(7-9-15)10-2-4-12(14)5-3-10;1-9(2)10(3,4)16-13(15-9)14-17-11(5,6)12(7,8)18-14;12-11-3-1-9(2-4-11)10-5-7-13-8-6-10/h6-10H,11-13H2,1-5H3;2-6H,7-9H2,1H3;1-8H3;1-5,13H,6-8H2. The zero-order chi connectivity index (χ0) is 53.6. The van der Waals surface area contributed by atoms with Crippen LogP contribution in [0.4, 0.5) is 9.59 Å². The van der Waals surface area contributed by atoms with Gasteiger partial charge in [0.2, 0.25) is 0 Å². The molecule has 0 aliphatic carbocycles. The Morgan fingerprint density at radius 1 is 0.493 bits per heavy atom. The molecule has 1 N–H and O–H groups in total. The first-order valence-corrected chi connectivity index (χ1v) is 26.9. The molecule has 0 atom stereocenters. The first-order valence-electron chi connectivity index (χ1n) is 25.3. The van der Waals surface area contributed by atoms with E-state index < -0.39 is 14.0 Å². The van der Waals surface area contributed by atoms with Crippen LogP contribution in [0.15, 0.2) is 100.0 Å². The van der Waals surface area contributed by atoms with Gasteiger partial charge in [-0.2, -0.15) is 0 Å². The van der Waals surface area contributed by atoms with Gasteiger partial charge in [0.1, 0.15) is 0 Å². The fourth-order valence-corrected chi connectivity index (χ4v) is 9.03. The van der Waals surface area contributed by atoms with Gasteiger partial charge in [-0.25, -0.2) is 9.59 Å². The van der Waals surface area contributed by atoms with E-state index in [0.717, 1.165) is 46.8 Å². The summed E-state index contributed by atoms with van der Waals surface area (Å²) in [5.74, 6) is 0. The molecule has 394 valence electrons. The number of amides is 2. The average Bonchev–Trinajstić information content (AvgIpc) is 3.84. The summed E-state index contributed by atoms with van der Waals surface area (Å²) in [6.45, 7) is 29.1. The predicted molar refractivity (Wildman–Crippen MR) is 301 cm³/mol. The highest BCUT2D eigenvalue weighted by Gasteiger charge is 2.63. The highest BCUT2D eigenvalue weighted by molar-refractivity contribution is 9.10. The maximum atomic E-state index is 11.6. The van der Waals surface area contributed by atoms with E-state index in [4.69, 9.17) is 37.4 Å². The smallest absolute Gasteiger partial charge is 0.453 e. The molecule has 0 unspecified atom stereocenters. The third-order valence-corrected chi connectivity index (χ3v) is 16.4. The Morgan fingerprint density at radius 2 is 0.822 bits per heavy atom. The van der Waals surface area contributed by atoms with Crippen LogP contribution >= 0.6 is 31.9 Å². The Bertz CT molecular complexity index is 2380. The lowest BCUT2D eigenvalue weighted by Crippen LogP contribution is -2.41. The average molecular weight is 1130 g/mol. The number of benzene rings is 3. The van der Waals surface area contributed by atoms with E-state index in [1.165, 1.54) is 47.6 Å². The van der Waals surface area contributed by atoms with Gasteiger partial charge in [-0.1, -0.05) is 98.6 Å². The molecule has 3 saturated heterocycles. The van der Waals surface area contributed by atoms with Crippen LogP contribution in [-0.4, -0.2) is 130 Å². The summed E-state index contributed by atoms with van der Waals surface area (Å²) in [4.78, 5) is 26.3. The Kier molecular flexibility index (Phi) is 19.3. The van der Waals surface area contributed by atoms with E-state index in [0.29, 0.717) is 26.2 Å². The molecule has 3 fully saturated rings. The second-order valence-corrected chi connectivity index (χ2v) is 23.8. The number of hydrogen-bond donors (Lipinski definition) is 1. The van der Waals surface area contributed by atoms with Gasteiger partial charge >= 0.3 is 33.3 Å². The van der Waals surface area contributed by atoms with Crippen molar-refractivity contribution in [3.05, 3.63) is 117 Å². The largest absolute Gasteiger partial charge is 0.494 e. The number of halogens is 2. The van der Waals surface area contributed by atoms with Gasteiger partial charge in [0.05, 0.1) is 47.8 Å². The lowest BCUT2D eigenvalue weighted by Gasteiger charge is -2.32. The highest BCUT2D eigenvalue weighted by Crippen LogP contribution is 2.43. The maximum absolute atomic E-state index is 11.6. The van der Waals surface area contributed by atoms with Gasteiger partial charge in [0, 0.05) is 41.7 Å². The zero-order valence-corrected chi connectivity index (χ0v) is 48.7. The van der Waals surface area contributed by atoms with Crippen LogP contribution in [0.25, 0.3) is 16.7 Å². The minimum absolute atomic E-state index is 0.254. The molecule has 0 aromatic heterocycles. The molecule has 6 aliphatic rings. The van der Waals surface area contributed by atoms with Crippen LogP contribution in [0.5, 0.6) is 0 Å². The van der Waals surface area contributed by atoms with Gasteiger partial charge in [-0.05, 0) is 172 Å². The number of methoxy groups -OCH3 is 2. The summed E-state index contributed by atoms with van der Waals surface area (Å²) in [6, 6.07) is 25.1. The Morgan fingerprint density at radius 3 is 1.12 bits per heavy atom. The van der Waals surface area contributed by atoms with E-state index in [-0.39, 0.29) is 52.9 Å². The number of carbonyl (C=O) groups excluding carboxylic acids is 2. The molecule has 6 heterocycles. The quantitative estimate of drug-likeness (QED) is 0.245. The number of rotatable bonds is 5. The van der Waals surface area contributed by atoms with Gasteiger partial charge in [-0.3, -0.25) is 0 Å². The second-order valence-electron chi connectivity index (χ2n) is 21.9. The number of carbonyl (C=O) groups is 2. The van der Waals surface area contributed by atoms with Crippen LogP contribution in [0.2, 0.25) is 0 Å². The molecule has 3 aromatic rings. The topological polar surface area (TPSA) is 126 Å². The van der Waals surface area contributed by atoms with Crippen molar-refractivity contribution in [3.63, 3.8) is 0 Å². The minimum atomic E-state index is -0.476. The fourth-order valence-electron chi connectivity index (χ4n) is 8.50. The number of nitrogens with zero attached hydrogens (tertiary/aromatic N) is 2. The van der Waals surface area contributed by atoms with Crippen LogP contribution in [0.1, 0.15) is 119 Å². The molecule has 0 spiro atoms. The monoisotopic (exact) mass is 1130 g/mol. The van der Waals surface area contributed by atoms with Crippen molar-refractivity contribution < 1.29 is 47.0 Å². The van der Waals surface area contributed by atoms with E-state index >= 15 is 0 Å². The molecule has 2 amide bonds. The van der Waals surface area contributed by atoms with Crippen molar-refractivity contribution in [3.8, 4) is 0 Å². The molecule has 6 aliphatic heterocycles. The van der Waals surface area contributed by atoms with Crippen molar-refractivity contribution in [2.24, 2.45) is 0 Å². The van der Waals surface area contributed by atoms with Crippen LogP contribution in [0, 0.1) is 0 Å². The number of ether oxygens (including phenoxy) is 2. The van der Waals surface area contributed by atoms with E-state index in [9.17, 15) is 9.59 Å². The van der Waals surface area contributed by atoms with Gasteiger partial charge in [0.15, 0.2) is 0 Å². The van der Waals surface area contributed by atoms with Crippen molar-refractivity contribution >= 4 is 87.4 Å². The zero-order valence-electron chi connectivity index (χ0n) is 45.5. The molecule has 73 heavy (non-hydrogen) atoms. The predicted octanol–water partition coefficient (Wildman–Crippen LogP) is 11.2. The summed E-state index contributed by atoms with van der Waals surface area (Å²) < 4.78 is 47.7. The molecular weight excluding hydrogens is 1050 g/mol. The summed E-state index contributed by atoms with van der Waals surface area (Å²) in [6.07, 6.45) is 8.76. The Balaban J connectivity index is 0.000000163. The summed E-state index contributed by atoms with van der Waals surface area (Å²) in [7, 11) is 1.54. The highest BCUT2D eigenvalue weighted by atomic mass is 79.9. The Labute approximate surface area is 453 Å². The first-order chi connectivity index (χ1) is 34.2. The molecule has 0 saturated carbocycles. The lowest BCUT2D eigenvalue weighted by atomic mass is 9.49. The van der Waals surface area contributed by atoms with Crippen LogP contribution in [-0.2, 0) is 37.4 Å². The van der Waals surface area contributed by atoms with Gasteiger partial charge in [0.25, 0.3) is 0 Å².